The van der Waals surface area contributed by atoms with Gasteiger partial charge in [0.05, 0.1) is 37.0 Å². The van der Waals surface area contributed by atoms with E-state index in [1.807, 2.05) is 30.0 Å². The van der Waals surface area contributed by atoms with Gasteiger partial charge < -0.3 is 19.2 Å². The number of benzene rings is 3. The Kier molecular flexibility index (Phi) is 8.14. The predicted octanol–water partition coefficient (Wildman–Crippen LogP) is 5.27. The molecular formula is C32H33ClN4O6S. The largest absolute Gasteiger partial charge is 0.497 e. The summed E-state index contributed by atoms with van der Waals surface area (Å²) in [6.45, 7) is 3.76. The minimum Gasteiger partial charge on any atom is -0.497 e. The number of sulfonamides is 1. The molecule has 3 aromatic carbocycles. The van der Waals surface area contributed by atoms with E-state index >= 15 is 4.79 Å². The van der Waals surface area contributed by atoms with Crippen LogP contribution < -0.4 is 19.1 Å². The smallest absolute Gasteiger partial charge is 0.271 e. The number of rotatable bonds is 10. The number of nitrogens with one attached hydrogen (secondary N) is 1. The van der Waals surface area contributed by atoms with Crippen molar-refractivity contribution in [1.29, 1.82) is 0 Å². The van der Waals surface area contributed by atoms with Gasteiger partial charge in [0.15, 0.2) is 5.54 Å². The van der Waals surface area contributed by atoms with E-state index in [-0.39, 0.29) is 10.6 Å². The van der Waals surface area contributed by atoms with Gasteiger partial charge in [-0.2, -0.15) is 0 Å². The molecule has 6 rings (SSSR count). The third-order valence-corrected chi connectivity index (χ3v) is 10.3. The number of hydrogen-bond donors (Lipinski definition) is 1. The minimum atomic E-state index is -4.40. The van der Waals surface area contributed by atoms with Crippen LogP contribution in [-0.4, -0.2) is 51.5 Å². The SMILES string of the molecule is CCNCc1ccc(OC)c(C2(N3CCCC3c3ncco3)C(=O)N(S(=O)(=O)c3ccc(OC)cc3)c3ccc(Cl)cc32)c1. The number of hydrogen-bond acceptors (Lipinski definition) is 9. The molecule has 0 spiro atoms. The third kappa shape index (κ3) is 4.75. The zero-order chi connectivity index (χ0) is 31.1. The molecule has 2 aliphatic rings. The number of aromatic nitrogens is 1. The van der Waals surface area contributed by atoms with Crippen molar-refractivity contribution in [2.75, 3.05) is 31.6 Å². The Balaban J connectivity index is 1.66. The van der Waals surface area contributed by atoms with Crippen LogP contribution in [-0.2, 0) is 26.9 Å². The van der Waals surface area contributed by atoms with Crippen LogP contribution in [0.25, 0.3) is 0 Å². The van der Waals surface area contributed by atoms with Gasteiger partial charge in [-0.05, 0) is 79.5 Å². The van der Waals surface area contributed by atoms with Crippen molar-refractivity contribution in [3.05, 3.63) is 101 Å². The summed E-state index contributed by atoms with van der Waals surface area (Å²) in [7, 11) is -1.36. The van der Waals surface area contributed by atoms with E-state index in [0.717, 1.165) is 22.8 Å². The van der Waals surface area contributed by atoms with E-state index in [0.29, 0.717) is 53.0 Å². The lowest BCUT2D eigenvalue weighted by Crippen LogP contribution is -2.54. The van der Waals surface area contributed by atoms with Crippen molar-refractivity contribution in [2.45, 2.75) is 42.8 Å². The maximum atomic E-state index is 15.4. The molecule has 1 N–H and O–H groups in total. The zero-order valence-electron chi connectivity index (χ0n) is 24.6. The first-order valence-corrected chi connectivity index (χ1v) is 16.2. The highest BCUT2D eigenvalue weighted by molar-refractivity contribution is 7.93. The van der Waals surface area contributed by atoms with E-state index in [1.54, 1.807) is 36.5 Å². The van der Waals surface area contributed by atoms with E-state index in [4.69, 9.17) is 25.5 Å². The summed E-state index contributed by atoms with van der Waals surface area (Å²) < 4.78 is 46.7. The molecule has 2 atom stereocenters. The molecule has 0 radical (unpaired) electrons. The van der Waals surface area contributed by atoms with Gasteiger partial charge in [-0.25, -0.2) is 17.7 Å². The number of carbonyl (C=O) groups is 1. The molecule has 2 aliphatic heterocycles. The summed E-state index contributed by atoms with van der Waals surface area (Å²) >= 11 is 6.63. The van der Waals surface area contributed by atoms with Crippen LogP contribution in [0, 0.1) is 0 Å². The van der Waals surface area contributed by atoms with Crippen LogP contribution in [0.4, 0.5) is 5.69 Å². The molecule has 4 aromatic rings. The molecule has 0 saturated carbocycles. The average molecular weight is 637 g/mol. The Morgan fingerprint density at radius 1 is 1.07 bits per heavy atom. The number of amides is 1. The van der Waals surface area contributed by atoms with Gasteiger partial charge >= 0.3 is 0 Å². The Morgan fingerprint density at radius 3 is 2.55 bits per heavy atom. The number of likely N-dealkylation sites (tertiary alicyclic amines) is 1. The molecule has 10 nitrogen and oxygen atoms in total. The lowest BCUT2D eigenvalue weighted by atomic mass is 9.80. The number of carbonyl (C=O) groups excluding carboxylic acids is 1. The topological polar surface area (TPSA) is 114 Å². The summed E-state index contributed by atoms with van der Waals surface area (Å²) in [4.78, 5) is 21.7. The molecule has 3 heterocycles. The van der Waals surface area contributed by atoms with Crippen LogP contribution in [0.2, 0.25) is 5.02 Å². The number of fused-ring (bicyclic) bond motifs is 1. The first-order valence-electron chi connectivity index (χ1n) is 14.4. The fourth-order valence-electron chi connectivity index (χ4n) is 6.37. The third-order valence-electron chi connectivity index (χ3n) is 8.31. The summed E-state index contributed by atoms with van der Waals surface area (Å²) in [6, 6.07) is 16.1. The minimum absolute atomic E-state index is 0.0538. The van der Waals surface area contributed by atoms with Crippen molar-refractivity contribution in [1.82, 2.24) is 15.2 Å². The quantitative estimate of drug-likeness (QED) is 0.249. The lowest BCUT2D eigenvalue weighted by Gasteiger charge is -2.41. The van der Waals surface area contributed by atoms with Gasteiger partial charge in [0, 0.05) is 29.2 Å². The van der Waals surface area contributed by atoms with Crippen LogP contribution >= 0.6 is 11.6 Å². The normalized spacial score (nSPS) is 20.2. The molecule has 44 heavy (non-hydrogen) atoms. The molecule has 1 aromatic heterocycles. The highest BCUT2D eigenvalue weighted by Crippen LogP contribution is 2.56. The van der Waals surface area contributed by atoms with Crippen molar-refractivity contribution < 1.29 is 27.1 Å². The van der Waals surface area contributed by atoms with Crippen LogP contribution in [0.5, 0.6) is 11.5 Å². The standard InChI is InChI=1S/C32H33ClN4O6S/c1-4-34-20-21-7-14-29(42-3)26(18-21)32(36-16-5-6-28(36)30-35-15-17-43-30)25-19-22(33)8-13-27(25)37(31(32)38)44(39,40)24-11-9-23(41-2)10-12-24/h7-15,17-19,28,34H,4-6,16,20H2,1-3H3. The van der Waals surface area contributed by atoms with Gasteiger partial charge in [0.1, 0.15) is 17.8 Å². The molecular weight excluding hydrogens is 604 g/mol. The summed E-state index contributed by atoms with van der Waals surface area (Å²) in [5, 5.41) is 3.69. The van der Waals surface area contributed by atoms with E-state index in [2.05, 4.69) is 10.3 Å². The van der Waals surface area contributed by atoms with Crippen molar-refractivity contribution in [2.24, 2.45) is 0 Å². The molecule has 2 unspecified atom stereocenters. The first-order chi connectivity index (χ1) is 21.3. The van der Waals surface area contributed by atoms with Gasteiger partial charge in [-0.15, -0.1) is 0 Å². The Morgan fingerprint density at radius 2 is 1.86 bits per heavy atom. The Labute approximate surface area is 261 Å². The molecule has 230 valence electrons. The molecule has 1 saturated heterocycles. The van der Waals surface area contributed by atoms with Crippen molar-refractivity contribution >= 4 is 33.2 Å². The number of halogens is 1. The van der Waals surface area contributed by atoms with Crippen molar-refractivity contribution in [3.63, 3.8) is 0 Å². The van der Waals surface area contributed by atoms with Gasteiger partial charge in [0.25, 0.3) is 15.9 Å². The zero-order valence-corrected chi connectivity index (χ0v) is 26.2. The fourth-order valence-corrected chi connectivity index (χ4v) is 8.00. The predicted molar refractivity (Wildman–Crippen MR) is 165 cm³/mol. The van der Waals surface area contributed by atoms with E-state index < -0.39 is 27.5 Å². The number of anilines is 1. The Hall–Kier alpha value is -3.90. The van der Waals surface area contributed by atoms with E-state index in [1.165, 1.54) is 32.6 Å². The average Bonchev–Trinajstić information content (AvgIpc) is 3.79. The molecule has 0 bridgehead atoms. The second-order valence-electron chi connectivity index (χ2n) is 10.7. The lowest BCUT2D eigenvalue weighted by molar-refractivity contribution is -0.127. The van der Waals surface area contributed by atoms with Crippen LogP contribution in [0.15, 0.2) is 82.4 Å². The monoisotopic (exact) mass is 636 g/mol. The molecule has 0 aliphatic carbocycles. The van der Waals surface area contributed by atoms with E-state index in [9.17, 15) is 8.42 Å². The summed E-state index contributed by atoms with van der Waals surface area (Å²) in [6.07, 6.45) is 4.44. The Bertz CT molecular complexity index is 1780. The molecule has 1 fully saturated rings. The first kappa shape index (κ1) is 30.1. The van der Waals surface area contributed by atoms with Crippen LogP contribution in [0.3, 0.4) is 0 Å². The number of oxazole rings is 1. The molecule has 12 heteroatoms. The highest BCUT2D eigenvalue weighted by Gasteiger charge is 2.62. The maximum absolute atomic E-state index is 15.4. The maximum Gasteiger partial charge on any atom is 0.271 e. The highest BCUT2D eigenvalue weighted by atomic mass is 35.5. The number of nitrogens with zero attached hydrogens (tertiary/aromatic N) is 3. The summed E-state index contributed by atoms with van der Waals surface area (Å²) in [5.74, 6) is 0.707. The fraction of sp³-hybridized carbons (Fsp3) is 0.312. The molecule has 1 amide bonds. The summed E-state index contributed by atoms with van der Waals surface area (Å²) in [5.41, 5.74) is 0.414. The van der Waals surface area contributed by atoms with Gasteiger partial charge in [0.2, 0.25) is 5.89 Å². The second kappa shape index (κ2) is 11.9. The van der Waals surface area contributed by atoms with Gasteiger partial charge in [-0.3, -0.25) is 9.69 Å². The van der Waals surface area contributed by atoms with Gasteiger partial charge in [-0.1, -0.05) is 24.6 Å². The van der Waals surface area contributed by atoms with Crippen molar-refractivity contribution in [3.8, 4) is 11.5 Å². The number of ether oxygens (including phenoxy) is 2. The number of methoxy groups -OCH3 is 2. The second-order valence-corrected chi connectivity index (χ2v) is 12.9. The van der Waals surface area contributed by atoms with Crippen LogP contribution in [0.1, 0.15) is 48.4 Å².